The minimum Gasteiger partial charge on any atom is -0.322 e. The maximum Gasteiger partial charge on any atom is 0.0642 e. The lowest BCUT2D eigenvalue weighted by atomic mass is 10.2. The van der Waals surface area contributed by atoms with Crippen molar-refractivity contribution < 1.29 is 0 Å². The van der Waals surface area contributed by atoms with Crippen LogP contribution in [0.5, 0.6) is 0 Å². The van der Waals surface area contributed by atoms with E-state index >= 15 is 0 Å². The van der Waals surface area contributed by atoms with Crippen molar-refractivity contribution in [1.29, 1.82) is 5.26 Å². The minimum absolute atomic E-state index is 0.0984. The Hall–Kier alpha value is -0.850. The summed E-state index contributed by atoms with van der Waals surface area (Å²) in [5.74, 6) is 0. The largest absolute Gasteiger partial charge is 0.322 e. The molecule has 0 radical (unpaired) electrons. The number of nitrogens with two attached hydrogens (primary N) is 1. The molecule has 0 aromatic carbocycles. The second-order valence-electron chi connectivity index (χ2n) is 2.50. The van der Waals surface area contributed by atoms with E-state index in [1.807, 2.05) is 18.4 Å². The van der Waals surface area contributed by atoms with Gasteiger partial charge in [-0.2, -0.15) is 5.26 Å². The number of rotatable bonds is 2. The van der Waals surface area contributed by atoms with E-state index in [1.54, 1.807) is 11.3 Å². The summed E-state index contributed by atoms with van der Waals surface area (Å²) in [6, 6.07) is 3.99. The lowest BCUT2D eigenvalue weighted by Gasteiger charge is -2.01. The Morgan fingerprint density at radius 3 is 3.00 bits per heavy atom. The molecule has 0 spiro atoms. The predicted molar refractivity (Wildman–Crippen MR) is 46.2 cm³/mol. The summed E-state index contributed by atoms with van der Waals surface area (Å²) in [5, 5.41) is 10.4. The maximum atomic E-state index is 8.38. The van der Waals surface area contributed by atoms with Gasteiger partial charge in [0.25, 0.3) is 0 Å². The summed E-state index contributed by atoms with van der Waals surface area (Å²) in [7, 11) is 0. The molecule has 58 valence electrons. The first-order valence-corrected chi connectivity index (χ1v) is 4.29. The normalized spacial score (nSPS) is 12.5. The lowest BCUT2D eigenvalue weighted by Crippen LogP contribution is -2.06. The molecular formula is C8H10N2S. The van der Waals surface area contributed by atoms with Crippen molar-refractivity contribution in [2.24, 2.45) is 5.73 Å². The Bertz CT molecular complexity index is 272. The summed E-state index contributed by atoms with van der Waals surface area (Å²) in [4.78, 5) is 1.10. The third kappa shape index (κ3) is 2.04. The van der Waals surface area contributed by atoms with Crippen molar-refractivity contribution in [2.75, 3.05) is 0 Å². The highest BCUT2D eigenvalue weighted by atomic mass is 32.1. The highest BCUT2D eigenvalue weighted by Crippen LogP contribution is 2.21. The van der Waals surface area contributed by atoms with Gasteiger partial charge >= 0.3 is 0 Å². The van der Waals surface area contributed by atoms with Gasteiger partial charge in [0, 0.05) is 4.88 Å². The van der Waals surface area contributed by atoms with Crippen LogP contribution in [-0.2, 0) is 0 Å². The summed E-state index contributed by atoms with van der Waals surface area (Å²) < 4.78 is 0. The number of aryl methyl sites for hydroxylation is 1. The molecule has 0 fully saturated rings. The Morgan fingerprint density at radius 2 is 2.55 bits per heavy atom. The van der Waals surface area contributed by atoms with Gasteiger partial charge in [0.15, 0.2) is 0 Å². The molecule has 3 heteroatoms. The van der Waals surface area contributed by atoms with Crippen LogP contribution in [0.25, 0.3) is 0 Å². The zero-order chi connectivity index (χ0) is 8.27. The van der Waals surface area contributed by atoms with E-state index < -0.39 is 0 Å². The summed E-state index contributed by atoms with van der Waals surface area (Å²) in [6.45, 7) is 2.03. The molecule has 1 atom stereocenters. The van der Waals surface area contributed by atoms with Gasteiger partial charge in [0.05, 0.1) is 18.5 Å². The van der Waals surface area contributed by atoms with E-state index in [0.717, 1.165) is 4.88 Å². The number of nitrogens with zero attached hydrogens (tertiary/aromatic N) is 1. The average molecular weight is 166 g/mol. The zero-order valence-corrected chi connectivity index (χ0v) is 7.19. The number of thiophene rings is 1. The molecule has 0 aliphatic rings. The summed E-state index contributed by atoms with van der Waals surface area (Å²) in [5.41, 5.74) is 6.93. The molecule has 2 N–H and O–H groups in total. The molecular weight excluding hydrogens is 156 g/mol. The number of hydrogen-bond donors (Lipinski definition) is 1. The van der Waals surface area contributed by atoms with Crippen LogP contribution in [0, 0.1) is 18.3 Å². The lowest BCUT2D eigenvalue weighted by molar-refractivity contribution is 0.764. The fourth-order valence-electron chi connectivity index (χ4n) is 0.847. The molecule has 11 heavy (non-hydrogen) atoms. The van der Waals surface area contributed by atoms with Crippen molar-refractivity contribution in [1.82, 2.24) is 0 Å². The van der Waals surface area contributed by atoms with Crippen LogP contribution < -0.4 is 5.73 Å². The van der Waals surface area contributed by atoms with Crippen LogP contribution >= 0.6 is 11.3 Å². The van der Waals surface area contributed by atoms with E-state index in [9.17, 15) is 0 Å². The molecule has 1 rings (SSSR count). The Morgan fingerprint density at radius 1 is 1.82 bits per heavy atom. The van der Waals surface area contributed by atoms with Crippen molar-refractivity contribution in [3.05, 3.63) is 21.9 Å². The van der Waals surface area contributed by atoms with Gasteiger partial charge in [0.1, 0.15) is 0 Å². The molecule has 0 aliphatic carbocycles. The van der Waals surface area contributed by atoms with Gasteiger partial charge < -0.3 is 5.73 Å². The standard InChI is InChI=1S/C8H10N2S/c1-6-4-8(11-5-6)7(10)2-3-9/h4-5,7H,2,10H2,1H3. The molecule has 1 unspecified atom stereocenters. The maximum absolute atomic E-state index is 8.38. The van der Waals surface area contributed by atoms with Crippen LogP contribution in [-0.4, -0.2) is 0 Å². The van der Waals surface area contributed by atoms with E-state index in [-0.39, 0.29) is 6.04 Å². The monoisotopic (exact) mass is 166 g/mol. The number of hydrogen-bond acceptors (Lipinski definition) is 3. The van der Waals surface area contributed by atoms with Gasteiger partial charge in [-0.15, -0.1) is 11.3 Å². The Balaban J connectivity index is 2.70. The Labute approximate surface area is 70.3 Å². The van der Waals surface area contributed by atoms with E-state index in [0.29, 0.717) is 6.42 Å². The van der Waals surface area contributed by atoms with Gasteiger partial charge in [-0.05, 0) is 23.9 Å². The van der Waals surface area contributed by atoms with Gasteiger partial charge in [-0.3, -0.25) is 0 Å². The van der Waals surface area contributed by atoms with Crippen molar-refractivity contribution in [3.8, 4) is 6.07 Å². The topological polar surface area (TPSA) is 49.8 Å². The highest BCUT2D eigenvalue weighted by Gasteiger charge is 2.06. The third-order valence-corrected chi connectivity index (χ3v) is 2.61. The SMILES string of the molecule is Cc1csc(C(N)CC#N)c1. The van der Waals surface area contributed by atoms with Crippen LogP contribution in [0.2, 0.25) is 0 Å². The fraction of sp³-hybridized carbons (Fsp3) is 0.375. The first kappa shape index (κ1) is 8.25. The molecule has 0 saturated carbocycles. The van der Waals surface area contributed by atoms with Gasteiger partial charge in [-0.25, -0.2) is 0 Å². The highest BCUT2D eigenvalue weighted by molar-refractivity contribution is 7.10. The smallest absolute Gasteiger partial charge is 0.0642 e. The van der Waals surface area contributed by atoms with Crippen LogP contribution in [0.15, 0.2) is 11.4 Å². The quantitative estimate of drug-likeness (QED) is 0.730. The van der Waals surface area contributed by atoms with E-state index in [4.69, 9.17) is 11.0 Å². The second kappa shape index (κ2) is 3.51. The van der Waals surface area contributed by atoms with E-state index in [2.05, 4.69) is 6.07 Å². The first-order chi connectivity index (χ1) is 5.24. The molecule has 2 nitrogen and oxygen atoms in total. The third-order valence-electron chi connectivity index (χ3n) is 1.43. The molecule has 0 saturated heterocycles. The zero-order valence-electron chi connectivity index (χ0n) is 6.37. The Kier molecular flexibility index (Phi) is 2.64. The fourth-order valence-corrected chi connectivity index (χ4v) is 1.75. The molecule has 1 aromatic rings. The van der Waals surface area contributed by atoms with Crippen LogP contribution in [0.3, 0.4) is 0 Å². The average Bonchev–Trinajstić information content (AvgIpc) is 2.36. The minimum atomic E-state index is -0.0984. The van der Waals surface area contributed by atoms with Crippen molar-refractivity contribution >= 4 is 11.3 Å². The van der Waals surface area contributed by atoms with Crippen LogP contribution in [0.4, 0.5) is 0 Å². The molecule has 1 heterocycles. The number of nitriles is 1. The predicted octanol–water partition coefficient (Wildman–Crippen LogP) is 1.97. The first-order valence-electron chi connectivity index (χ1n) is 3.41. The molecule has 0 aliphatic heterocycles. The van der Waals surface area contributed by atoms with Gasteiger partial charge in [-0.1, -0.05) is 0 Å². The van der Waals surface area contributed by atoms with E-state index in [1.165, 1.54) is 5.56 Å². The summed E-state index contributed by atoms with van der Waals surface area (Å²) >= 11 is 1.62. The van der Waals surface area contributed by atoms with Crippen LogP contribution in [0.1, 0.15) is 22.9 Å². The molecule has 0 amide bonds. The molecule has 1 aromatic heterocycles. The van der Waals surface area contributed by atoms with Gasteiger partial charge in [0.2, 0.25) is 0 Å². The molecule has 0 bridgehead atoms. The summed E-state index contributed by atoms with van der Waals surface area (Å²) in [6.07, 6.45) is 0.403. The van der Waals surface area contributed by atoms with Crippen molar-refractivity contribution in [3.63, 3.8) is 0 Å². The second-order valence-corrected chi connectivity index (χ2v) is 3.44. The van der Waals surface area contributed by atoms with Crippen molar-refractivity contribution in [2.45, 2.75) is 19.4 Å².